The van der Waals surface area contributed by atoms with Crippen LogP contribution < -0.4 is 5.32 Å². The molecular formula is C54H105NO5. The van der Waals surface area contributed by atoms with Crippen LogP contribution in [0.4, 0.5) is 0 Å². The molecule has 1 amide bonds. The van der Waals surface area contributed by atoms with Gasteiger partial charge >= 0.3 is 5.97 Å². The van der Waals surface area contributed by atoms with E-state index in [9.17, 15) is 19.8 Å². The highest BCUT2D eigenvalue weighted by molar-refractivity contribution is 5.76. The number of aliphatic hydroxyl groups excluding tert-OH is 2. The van der Waals surface area contributed by atoms with E-state index < -0.39 is 12.1 Å². The average molecular weight is 848 g/mol. The molecule has 0 aromatic rings. The van der Waals surface area contributed by atoms with Gasteiger partial charge in [-0.25, -0.2) is 0 Å². The van der Waals surface area contributed by atoms with Crippen molar-refractivity contribution in [2.75, 3.05) is 13.2 Å². The average Bonchev–Trinajstić information content (AvgIpc) is 3.25. The van der Waals surface area contributed by atoms with Crippen molar-refractivity contribution in [1.29, 1.82) is 0 Å². The number of rotatable bonds is 50. The van der Waals surface area contributed by atoms with Crippen LogP contribution in [0.1, 0.15) is 296 Å². The Hall–Kier alpha value is -1.40. The molecule has 0 saturated heterocycles. The van der Waals surface area contributed by atoms with Gasteiger partial charge in [0.15, 0.2) is 0 Å². The molecule has 6 nitrogen and oxygen atoms in total. The van der Waals surface area contributed by atoms with Gasteiger partial charge in [0.2, 0.25) is 5.91 Å². The highest BCUT2D eigenvalue weighted by Crippen LogP contribution is 2.17. The fraction of sp³-hybridized carbons (Fsp3) is 0.926. The van der Waals surface area contributed by atoms with E-state index in [2.05, 4.69) is 31.3 Å². The van der Waals surface area contributed by atoms with Crippen LogP contribution in [0.2, 0.25) is 0 Å². The number of nitrogens with one attached hydrogen (secondary N) is 1. The molecule has 0 aromatic carbocycles. The second kappa shape index (κ2) is 50.2. The number of ether oxygens (including phenoxy) is 1. The summed E-state index contributed by atoms with van der Waals surface area (Å²) in [5.41, 5.74) is 0. The first-order chi connectivity index (χ1) is 29.5. The first-order valence-electron chi connectivity index (χ1n) is 26.9. The fourth-order valence-electron chi connectivity index (χ4n) is 8.41. The van der Waals surface area contributed by atoms with Crippen LogP contribution in [0.5, 0.6) is 0 Å². The zero-order valence-electron chi connectivity index (χ0n) is 40.5. The number of allylic oxidation sites excluding steroid dienone is 2. The van der Waals surface area contributed by atoms with Gasteiger partial charge in [0, 0.05) is 12.8 Å². The lowest BCUT2D eigenvalue weighted by molar-refractivity contribution is -0.143. The molecule has 0 spiro atoms. The lowest BCUT2D eigenvalue weighted by Gasteiger charge is -2.22. The molecule has 0 bridgehead atoms. The largest absolute Gasteiger partial charge is 0.466 e. The molecule has 0 aliphatic carbocycles. The first-order valence-corrected chi connectivity index (χ1v) is 26.9. The SMILES string of the molecule is CCCCCCCCCCCCCCCCCCCCCCCCCC(O)C(CO)NC(=O)CCC/C=C\CCCCCCOC(=O)CCCCCCCCCCCCC. The summed E-state index contributed by atoms with van der Waals surface area (Å²) in [6, 6.07) is -0.578. The quantitative estimate of drug-likeness (QED) is 0.0322. The number of unbranched alkanes of at least 4 members (excludes halogenated alkanes) is 37. The number of carbonyl (C=O) groups is 2. The smallest absolute Gasteiger partial charge is 0.305 e. The van der Waals surface area contributed by atoms with Crippen molar-refractivity contribution in [3.8, 4) is 0 Å². The van der Waals surface area contributed by atoms with E-state index in [1.165, 1.54) is 193 Å². The maximum absolute atomic E-state index is 12.4. The van der Waals surface area contributed by atoms with Crippen molar-refractivity contribution in [3.63, 3.8) is 0 Å². The molecular weight excluding hydrogens is 743 g/mol. The van der Waals surface area contributed by atoms with E-state index in [1.54, 1.807) is 0 Å². The number of aliphatic hydroxyl groups is 2. The summed E-state index contributed by atoms with van der Waals surface area (Å²) in [4.78, 5) is 24.4. The minimum Gasteiger partial charge on any atom is -0.466 e. The topological polar surface area (TPSA) is 95.9 Å². The van der Waals surface area contributed by atoms with Gasteiger partial charge in [-0.05, 0) is 44.9 Å². The van der Waals surface area contributed by atoms with Crippen LogP contribution in [-0.4, -0.2) is 47.4 Å². The Bertz CT molecular complexity index is 893. The number of carbonyl (C=O) groups excluding carboxylic acids is 2. The van der Waals surface area contributed by atoms with Crippen LogP contribution in [-0.2, 0) is 14.3 Å². The third-order valence-electron chi connectivity index (χ3n) is 12.6. The zero-order valence-corrected chi connectivity index (χ0v) is 40.5. The molecule has 0 rings (SSSR count). The van der Waals surface area contributed by atoms with Crippen molar-refractivity contribution in [1.82, 2.24) is 5.32 Å². The molecule has 60 heavy (non-hydrogen) atoms. The number of esters is 1. The van der Waals surface area contributed by atoms with E-state index in [-0.39, 0.29) is 18.5 Å². The molecule has 0 saturated carbocycles. The Morgan fingerprint density at radius 2 is 0.800 bits per heavy atom. The predicted molar refractivity (Wildman–Crippen MR) is 260 cm³/mol. The number of amides is 1. The summed E-state index contributed by atoms with van der Waals surface area (Å²) in [7, 11) is 0. The maximum atomic E-state index is 12.4. The Balaban J connectivity index is 3.51. The second-order valence-corrected chi connectivity index (χ2v) is 18.6. The van der Waals surface area contributed by atoms with Crippen LogP contribution in [0, 0.1) is 0 Å². The Kier molecular flexibility index (Phi) is 49.1. The number of hydrogen-bond donors (Lipinski definition) is 3. The van der Waals surface area contributed by atoms with Crippen LogP contribution >= 0.6 is 0 Å². The molecule has 0 aliphatic rings. The molecule has 0 aliphatic heterocycles. The van der Waals surface area contributed by atoms with Crippen molar-refractivity contribution in [2.45, 2.75) is 309 Å². The molecule has 2 atom stereocenters. The fourth-order valence-corrected chi connectivity index (χ4v) is 8.41. The van der Waals surface area contributed by atoms with Crippen molar-refractivity contribution >= 4 is 11.9 Å². The molecule has 0 radical (unpaired) electrons. The molecule has 6 heteroatoms. The van der Waals surface area contributed by atoms with Gasteiger partial charge < -0.3 is 20.3 Å². The van der Waals surface area contributed by atoms with Crippen molar-refractivity contribution in [3.05, 3.63) is 12.2 Å². The third kappa shape index (κ3) is 46.1. The van der Waals surface area contributed by atoms with Crippen LogP contribution in [0.25, 0.3) is 0 Å². The van der Waals surface area contributed by atoms with E-state index in [4.69, 9.17) is 4.74 Å². The Morgan fingerprint density at radius 3 is 1.22 bits per heavy atom. The van der Waals surface area contributed by atoms with Gasteiger partial charge in [0.05, 0.1) is 25.4 Å². The molecule has 3 N–H and O–H groups in total. The zero-order chi connectivity index (χ0) is 43.7. The van der Waals surface area contributed by atoms with Gasteiger partial charge in [0.25, 0.3) is 0 Å². The third-order valence-corrected chi connectivity index (χ3v) is 12.6. The van der Waals surface area contributed by atoms with Gasteiger partial charge in [-0.2, -0.15) is 0 Å². The van der Waals surface area contributed by atoms with E-state index in [0.717, 1.165) is 70.6 Å². The molecule has 2 unspecified atom stereocenters. The van der Waals surface area contributed by atoms with Crippen molar-refractivity contribution < 1.29 is 24.5 Å². The number of hydrogen-bond acceptors (Lipinski definition) is 5. The second-order valence-electron chi connectivity index (χ2n) is 18.6. The van der Waals surface area contributed by atoms with Gasteiger partial charge in [-0.1, -0.05) is 251 Å². The molecule has 356 valence electrons. The Morgan fingerprint density at radius 1 is 0.450 bits per heavy atom. The minimum absolute atomic E-state index is 0.0351. The van der Waals surface area contributed by atoms with E-state index >= 15 is 0 Å². The lowest BCUT2D eigenvalue weighted by atomic mass is 10.0. The van der Waals surface area contributed by atoms with Gasteiger partial charge in [0.1, 0.15) is 0 Å². The van der Waals surface area contributed by atoms with Crippen molar-refractivity contribution in [2.24, 2.45) is 0 Å². The van der Waals surface area contributed by atoms with Crippen LogP contribution in [0.3, 0.4) is 0 Å². The predicted octanol–water partition coefficient (Wildman–Crippen LogP) is 16.1. The summed E-state index contributed by atoms with van der Waals surface area (Å²) in [5.74, 6) is -0.127. The first kappa shape index (κ1) is 58.6. The standard InChI is InChI=1S/C54H105NO5/c1-3-5-7-9-11-13-15-16-17-18-19-20-21-22-23-24-25-26-28-30-34-38-42-46-52(57)51(50-56)55-53(58)47-43-39-35-31-29-33-37-41-45-49-60-54(59)48-44-40-36-32-27-14-12-10-8-6-4-2/h31,35,51-52,56-57H,3-30,32-34,36-50H2,1-2H3,(H,55,58)/b35-31-. The van der Waals surface area contributed by atoms with E-state index in [1.807, 2.05) is 0 Å². The molecule has 0 heterocycles. The summed E-state index contributed by atoms with van der Waals surface area (Å²) in [6.07, 6.45) is 57.7. The summed E-state index contributed by atoms with van der Waals surface area (Å²) in [6.45, 7) is 4.87. The van der Waals surface area contributed by atoms with E-state index in [0.29, 0.717) is 25.9 Å². The van der Waals surface area contributed by atoms with Gasteiger partial charge in [-0.3, -0.25) is 9.59 Å². The van der Waals surface area contributed by atoms with Gasteiger partial charge in [-0.15, -0.1) is 0 Å². The normalized spacial score (nSPS) is 12.7. The molecule has 0 aromatic heterocycles. The highest BCUT2D eigenvalue weighted by Gasteiger charge is 2.20. The lowest BCUT2D eigenvalue weighted by Crippen LogP contribution is -2.45. The summed E-state index contributed by atoms with van der Waals surface area (Å²) >= 11 is 0. The minimum atomic E-state index is -0.694. The highest BCUT2D eigenvalue weighted by atomic mass is 16.5. The monoisotopic (exact) mass is 848 g/mol. The maximum Gasteiger partial charge on any atom is 0.305 e. The van der Waals surface area contributed by atoms with Crippen LogP contribution in [0.15, 0.2) is 12.2 Å². The molecule has 0 fully saturated rings. The summed E-state index contributed by atoms with van der Waals surface area (Å²) in [5, 5.41) is 23.2. The summed E-state index contributed by atoms with van der Waals surface area (Å²) < 4.78 is 5.42. The Labute approximate surface area is 374 Å².